The summed E-state index contributed by atoms with van der Waals surface area (Å²) >= 11 is 3.20. The van der Waals surface area contributed by atoms with E-state index in [-0.39, 0.29) is 17.7 Å². The van der Waals surface area contributed by atoms with E-state index in [1.165, 1.54) is 12.1 Å². The Morgan fingerprint density at radius 1 is 1.50 bits per heavy atom. The number of rotatable bonds is 6. The summed E-state index contributed by atoms with van der Waals surface area (Å²) in [5.74, 6) is -0.941. The van der Waals surface area contributed by atoms with Gasteiger partial charge in [-0.05, 0) is 31.5 Å². The fraction of sp³-hybridized carbons (Fsp3) is 0.364. The van der Waals surface area contributed by atoms with Gasteiger partial charge in [0.15, 0.2) is 0 Å². The number of sulfonamides is 1. The number of benzene rings is 1. The maximum atomic E-state index is 12.0. The van der Waals surface area contributed by atoms with Gasteiger partial charge < -0.3 is 5.11 Å². The molecule has 0 aliphatic heterocycles. The summed E-state index contributed by atoms with van der Waals surface area (Å²) in [5, 5.41) is 8.53. The van der Waals surface area contributed by atoms with Crippen molar-refractivity contribution in [2.24, 2.45) is 0 Å². The molecule has 18 heavy (non-hydrogen) atoms. The molecular weight excluding hydrogens is 322 g/mol. The molecule has 0 bridgehead atoms. The lowest BCUT2D eigenvalue weighted by molar-refractivity contribution is -0.137. The van der Waals surface area contributed by atoms with E-state index in [0.29, 0.717) is 4.47 Å². The van der Waals surface area contributed by atoms with E-state index >= 15 is 0 Å². The molecule has 0 saturated carbocycles. The van der Waals surface area contributed by atoms with Crippen LogP contribution in [-0.4, -0.2) is 25.5 Å². The van der Waals surface area contributed by atoms with Crippen molar-refractivity contribution in [3.63, 3.8) is 0 Å². The number of hydrogen-bond donors (Lipinski definition) is 2. The zero-order valence-corrected chi connectivity index (χ0v) is 12.2. The third kappa shape index (κ3) is 4.75. The lowest BCUT2D eigenvalue weighted by Gasteiger charge is -2.13. The monoisotopic (exact) mass is 335 g/mol. The van der Waals surface area contributed by atoms with Crippen LogP contribution in [0.3, 0.4) is 0 Å². The number of halogens is 1. The lowest BCUT2D eigenvalue weighted by atomic mass is 10.2. The van der Waals surface area contributed by atoms with Crippen molar-refractivity contribution in [3.05, 3.63) is 28.7 Å². The zero-order chi connectivity index (χ0) is 13.8. The summed E-state index contributed by atoms with van der Waals surface area (Å²) in [6, 6.07) is 5.90. The Hall–Kier alpha value is -0.920. The highest BCUT2D eigenvalue weighted by molar-refractivity contribution is 9.10. The van der Waals surface area contributed by atoms with Crippen LogP contribution in [0, 0.1) is 0 Å². The van der Waals surface area contributed by atoms with Crippen LogP contribution in [0.15, 0.2) is 33.6 Å². The lowest BCUT2D eigenvalue weighted by Crippen LogP contribution is -2.33. The van der Waals surface area contributed by atoms with Crippen molar-refractivity contribution >= 4 is 31.9 Å². The minimum atomic E-state index is -3.60. The maximum absolute atomic E-state index is 12.0. The highest BCUT2D eigenvalue weighted by Gasteiger charge is 2.17. The molecule has 0 fully saturated rings. The molecule has 0 amide bonds. The average Bonchev–Trinajstić information content (AvgIpc) is 2.26. The predicted molar refractivity (Wildman–Crippen MR) is 70.8 cm³/mol. The quantitative estimate of drug-likeness (QED) is 0.832. The molecule has 1 aromatic rings. The van der Waals surface area contributed by atoms with Crippen molar-refractivity contribution in [2.45, 2.75) is 30.7 Å². The van der Waals surface area contributed by atoms with Crippen LogP contribution in [0.1, 0.15) is 19.8 Å². The molecule has 1 atom stereocenters. The van der Waals surface area contributed by atoms with E-state index in [4.69, 9.17) is 5.11 Å². The van der Waals surface area contributed by atoms with Crippen molar-refractivity contribution in [1.82, 2.24) is 4.72 Å². The van der Waals surface area contributed by atoms with Gasteiger partial charge in [0.25, 0.3) is 0 Å². The summed E-state index contributed by atoms with van der Waals surface area (Å²) in [4.78, 5) is 10.6. The summed E-state index contributed by atoms with van der Waals surface area (Å²) in [7, 11) is -3.60. The molecule has 0 aliphatic rings. The van der Waals surface area contributed by atoms with Crippen LogP contribution >= 0.6 is 15.9 Å². The summed E-state index contributed by atoms with van der Waals surface area (Å²) in [5.41, 5.74) is 0. The molecule has 100 valence electrons. The normalized spacial score (nSPS) is 13.2. The average molecular weight is 336 g/mol. The summed E-state index contributed by atoms with van der Waals surface area (Å²) < 4.78 is 27.0. The van der Waals surface area contributed by atoms with Crippen LogP contribution in [-0.2, 0) is 14.8 Å². The number of hydrogen-bond acceptors (Lipinski definition) is 3. The van der Waals surface area contributed by atoms with Gasteiger partial charge in [0.1, 0.15) is 0 Å². The van der Waals surface area contributed by atoms with Gasteiger partial charge in [-0.2, -0.15) is 0 Å². The number of aliphatic carboxylic acids is 1. The Balaban J connectivity index is 2.73. The van der Waals surface area contributed by atoms with Gasteiger partial charge in [0.2, 0.25) is 10.0 Å². The van der Waals surface area contributed by atoms with Crippen molar-refractivity contribution < 1.29 is 18.3 Å². The van der Waals surface area contributed by atoms with Crippen LogP contribution in [0.4, 0.5) is 0 Å². The first-order valence-corrected chi connectivity index (χ1v) is 7.58. The number of carbonyl (C=O) groups is 1. The van der Waals surface area contributed by atoms with Gasteiger partial charge in [-0.25, -0.2) is 13.1 Å². The van der Waals surface area contributed by atoms with Gasteiger partial charge in [-0.1, -0.05) is 22.0 Å². The molecule has 0 heterocycles. The van der Waals surface area contributed by atoms with Crippen molar-refractivity contribution in [3.8, 4) is 0 Å². The highest BCUT2D eigenvalue weighted by Crippen LogP contribution is 2.16. The zero-order valence-electron chi connectivity index (χ0n) is 9.76. The second-order valence-corrected chi connectivity index (χ2v) is 6.54. The van der Waals surface area contributed by atoms with E-state index in [9.17, 15) is 13.2 Å². The molecule has 7 heteroatoms. The van der Waals surface area contributed by atoms with E-state index in [1.54, 1.807) is 19.1 Å². The largest absolute Gasteiger partial charge is 0.481 e. The fourth-order valence-corrected chi connectivity index (χ4v) is 3.24. The van der Waals surface area contributed by atoms with Crippen LogP contribution in [0.5, 0.6) is 0 Å². The second-order valence-electron chi connectivity index (χ2n) is 3.91. The molecule has 0 radical (unpaired) electrons. The number of carboxylic acid groups (broad SMARTS) is 1. The first-order chi connectivity index (χ1) is 8.31. The molecule has 1 rings (SSSR count). The third-order valence-corrected chi connectivity index (χ3v) is 4.33. The SMILES string of the molecule is CC(CCC(=O)O)NS(=O)(=O)c1cccc(Br)c1. The standard InChI is InChI=1S/C11H14BrNO4S/c1-8(5-6-11(14)15)13-18(16,17)10-4-2-3-9(12)7-10/h2-4,7-8,13H,5-6H2,1H3,(H,14,15). The second kappa shape index (κ2) is 6.31. The van der Waals surface area contributed by atoms with Crippen LogP contribution < -0.4 is 4.72 Å². The summed E-state index contributed by atoms with van der Waals surface area (Å²) in [6.45, 7) is 1.64. The molecule has 1 aromatic carbocycles. The van der Waals surface area contributed by atoms with Crippen LogP contribution in [0.2, 0.25) is 0 Å². The molecule has 5 nitrogen and oxygen atoms in total. The highest BCUT2D eigenvalue weighted by atomic mass is 79.9. The van der Waals surface area contributed by atoms with Gasteiger partial charge >= 0.3 is 5.97 Å². The molecule has 1 unspecified atom stereocenters. The topological polar surface area (TPSA) is 83.5 Å². The number of nitrogens with one attached hydrogen (secondary N) is 1. The fourth-order valence-electron chi connectivity index (χ4n) is 1.37. The number of carboxylic acids is 1. The maximum Gasteiger partial charge on any atom is 0.303 e. The van der Waals surface area contributed by atoms with Gasteiger partial charge in [-0.15, -0.1) is 0 Å². The Labute approximate surface area is 114 Å². The molecule has 2 N–H and O–H groups in total. The van der Waals surface area contributed by atoms with E-state index in [1.807, 2.05) is 0 Å². The minimum absolute atomic E-state index is 0.0673. The van der Waals surface area contributed by atoms with E-state index < -0.39 is 22.0 Å². The molecule has 0 aliphatic carbocycles. The Kier molecular flexibility index (Phi) is 5.30. The van der Waals surface area contributed by atoms with E-state index in [2.05, 4.69) is 20.7 Å². The van der Waals surface area contributed by atoms with Crippen molar-refractivity contribution in [1.29, 1.82) is 0 Å². The van der Waals surface area contributed by atoms with Crippen LogP contribution in [0.25, 0.3) is 0 Å². The molecule has 0 saturated heterocycles. The van der Waals surface area contributed by atoms with Crippen molar-refractivity contribution in [2.75, 3.05) is 0 Å². The predicted octanol–water partition coefficient (Wildman–Crippen LogP) is 1.98. The Bertz CT molecular complexity index is 530. The van der Waals surface area contributed by atoms with Gasteiger partial charge in [0.05, 0.1) is 4.90 Å². The molecule has 0 spiro atoms. The molecule has 0 aromatic heterocycles. The first-order valence-electron chi connectivity index (χ1n) is 5.31. The smallest absolute Gasteiger partial charge is 0.303 e. The summed E-state index contributed by atoms with van der Waals surface area (Å²) in [6.07, 6.45) is 0.185. The van der Waals surface area contributed by atoms with E-state index in [0.717, 1.165) is 0 Å². The minimum Gasteiger partial charge on any atom is -0.481 e. The first kappa shape index (κ1) is 15.1. The Morgan fingerprint density at radius 2 is 2.17 bits per heavy atom. The Morgan fingerprint density at radius 3 is 2.72 bits per heavy atom. The van der Waals surface area contributed by atoms with Gasteiger partial charge in [-0.3, -0.25) is 4.79 Å². The van der Waals surface area contributed by atoms with Gasteiger partial charge in [0, 0.05) is 16.9 Å². The third-order valence-electron chi connectivity index (χ3n) is 2.25. The molecular formula is C11H14BrNO4S.